The SMILES string of the molecule is CN(C)C(=O)c1cc2cnc(Nc3ccc(N4CCN(C5CN(C6CN(C7CN(C(=O)OC(C)(C)C)C7)C6)C5)CC4)cn3)nc2n1C1CCCC1. The molecular weight excluding hydrogens is 646 g/mol. The zero-order valence-corrected chi connectivity index (χ0v) is 30.8. The van der Waals surface area contributed by atoms with Gasteiger partial charge in [0.1, 0.15) is 22.8 Å². The Bertz CT molecular complexity index is 1720. The van der Waals surface area contributed by atoms with Crippen molar-refractivity contribution in [2.45, 2.75) is 76.2 Å². The summed E-state index contributed by atoms with van der Waals surface area (Å²) in [5.74, 6) is 1.17. The molecule has 5 aliphatic rings. The number of rotatable bonds is 8. The van der Waals surface area contributed by atoms with E-state index < -0.39 is 5.60 Å². The van der Waals surface area contributed by atoms with Crippen LogP contribution in [0.4, 0.5) is 22.2 Å². The molecule has 51 heavy (non-hydrogen) atoms. The fraction of sp³-hybridized carbons (Fsp3) is 0.649. The molecule has 4 aliphatic heterocycles. The van der Waals surface area contributed by atoms with Gasteiger partial charge in [0.05, 0.1) is 11.9 Å². The highest BCUT2D eigenvalue weighted by atomic mass is 16.6. The van der Waals surface area contributed by atoms with Crippen LogP contribution in [0.3, 0.4) is 0 Å². The molecule has 14 nitrogen and oxygen atoms in total. The number of hydrogen-bond donors (Lipinski definition) is 1. The maximum atomic E-state index is 13.0. The summed E-state index contributed by atoms with van der Waals surface area (Å²) in [5.41, 5.74) is 2.16. The molecule has 3 aromatic rings. The van der Waals surface area contributed by atoms with Gasteiger partial charge in [-0.1, -0.05) is 12.8 Å². The monoisotopic (exact) mass is 699 g/mol. The molecule has 0 spiro atoms. The van der Waals surface area contributed by atoms with Crippen LogP contribution < -0.4 is 10.2 Å². The minimum absolute atomic E-state index is 0.0109. The van der Waals surface area contributed by atoms with Crippen molar-refractivity contribution in [1.29, 1.82) is 0 Å². The topological polar surface area (TPSA) is 118 Å². The highest BCUT2D eigenvalue weighted by Gasteiger charge is 2.46. The number of carbonyl (C=O) groups excluding carboxylic acids is 2. The van der Waals surface area contributed by atoms with E-state index in [0.717, 1.165) is 95.0 Å². The Balaban J connectivity index is 0.790. The Labute approximate surface area is 300 Å². The van der Waals surface area contributed by atoms with Crippen LogP contribution in [0.15, 0.2) is 30.6 Å². The summed E-state index contributed by atoms with van der Waals surface area (Å²) < 4.78 is 7.64. The van der Waals surface area contributed by atoms with Crippen molar-refractivity contribution >= 4 is 40.5 Å². The van der Waals surface area contributed by atoms with E-state index in [2.05, 4.69) is 40.5 Å². The van der Waals surface area contributed by atoms with Gasteiger partial charge in [0, 0.05) is 115 Å². The average Bonchev–Trinajstić information content (AvgIpc) is 3.69. The first-order valence-corrected chi connectivity index (χ1v) is 18.8. The second kappa shape index (κ2) is 13.5. The minimum Gasteiger partial charge on any atom is -0.444 e. The van der Waals surface area contributed by atoms with Crippen LogP contribution in [0, 0.1) is 0 Å². The second-order valence-electron chi connectivity index (χ2n) is 16.3. The van der Waals surface area contributed by atoms with Crippen LogP contribution >= 0.6 is 0 Å². The normalized spacial score (nSPS) is 21.8. The van der Waals surface area contributed by atoms with E-state index in [0.29, 0.717) is 35.6 Å². The van der Waals surface area contributed by atoms with Crippen LogP contribution in [0.5, 0.6) is 0 Å². The summed E-state index contributed by atoms with van der Waals surface area (Å²) in [6.45, 7) is 15.9. The first kappa shape index (κ1) is 34.1. The fourth-order valence-corrected chi connectivity index (χ4v) is 8.30. The molecule has 2 amide bonds. The molecule has 0 unspecified atom stereocenters. The number of ether oxygens (including phenoxy) is 1. The van der Waals surface area contributed by atoms with E-state index in [1.54, 1.807) is 25.2 Å². The summed E-state index contributed by atoms with van der Waals surface area (Å²) in [6, 6.07) is 8.09. The number of hydrogen-bond acceptors (Lipinski definition) is 11. The van der Waals surface area contributed by atoms with E-state index in [1.807, 2.05) is 44.0 Å². The van der Waals surface area contributed by atoms with Gasteiger partial charge >= 0.3 is 6.09 Å². The lowest BCUT2D eigenvalue weighted by molar-refractivity contribution is -0.0891. The van der Waals surface area contributed by atoms with Crippen molar-refractivity contribution in [2.24, 2.45) is 0 Å². The molecule has 1 aliphatic carbocycles. The van der Waals surface area contributed by atoms with Crippen LogP contribution in [-0.2, 0) is 4.74 Å². The predicted molar refractivity (Wildman–Crippen MR) is 197 cm³/mol. The van der Waals surface area contributed by atoms with Crippen molar-refractivity contribution in [3.05, 3.63) is 36.3 Å². The van der Waals surface area contributed by atoms with Gasteiger partial charge < -0.3 is 29.3 Å². The molecule has 0 radical (unpaired) electrons. The number of amides is 2. The molecule has 1 saturated carbocycles. The van der Waals surface area contributed by atoms with Crippen molar-refractivity contribution < 1.29 is 14.3 Å². The molecule has 4 saturated heterocycles. The summed E-state index contributed by atoms with van der Waals surface area (Å²) in [6.07, 6.45) is 8.00. The molecule has 1 N–H and O–H groups in total. The Morgan fingerprint density at radius 1 is 0.824 bits per heavy atom. The molecule has 0 atom stereocenters. The van der Waals surface area contributed by atoms with Gasteiger partial charge in [0.2, 0.25) is 5.95 Å². The Kier molecular flexibility index (Phi) is 9.04. The molecule has 8 rings (SSSR count). The van der Waals surface area contributed by atoms with Crippen LogP contribution in [0.25, 0.3) is 11.0 Å². The van der Waals surface area contributed by atoms with Crippen molar-refractivity contribution in [1.82, 2.24) is 44.0 Å². The number of fused-ring (bicyclic) bond motifs is 1. The molecule has 3 aromatic heterocycles. The summed E-state index contributed by atoms with van der Waals surface area (Å²) >= 11 is 0. The number of piperazine rings is 1. The maximum Gasteiger partial charge on any atom is 0.410 e. The Morgan fingerprint density at radius 3 is 2.08 bits per heavy atom. The van der Waals surface area contributed by atoms with Gasteiger partial charge in [-0.3, -0.25) is 19.5 Å². The number of aromatic nitrogens is 4. The molecular formula is C37H53N11O3. The highest BCUT2D eigenvalue weighted by Crippen LogP contribution is 2.35. The van der Waals surface area contributed by atoms with Crippen molar-refractivity contribution in [3.63, 3.8) is 0 Å². The lowest BCUT2D eigenvalue weighted by atomic mass is 9.94. The molecule has 0 bridgehead atoms. The average molecular weight is 700 g/mol. The van der Waals surface area contributed by atoms with E-state index in [9.17, 15) is 9.59 Å². The number of nitrogens with zero attached hydrogens (tertiary/aromatic N) is 10. The van der Waals surface area contributed by atoms with E-state index >= 15 is 0 Å². The summed E-state index contributed by atoms with van der Waals surface area (Å²) in [4.78, 5) is 53.2. The number of likely N-dealkylation sites (tertiary alicyclic amines) is 3. The molecule has 5 fully saturated rings. The molecule has 14 heteroatoms. The zero-order chi connectivity index (χ0) is 35.4. The maximum absolute atomic E-state index is 13.0. The van der Waals surface area contributed by atoms with Gasteiger partial charge in [-0.2, -0.15) is 4.98 Å². The van der Waals surface area contributed by atoms with Gasteiger partial charge in [0.25, 0.3) is 5.91 Å². The van der Waals surface area contributed by atoms with Crippen molar-refractivity contribution in [2.75, 3.05) is 89.8 Å². The van der Waals surface area contributed by atoms with Crippen LogP contribution in [0.1, 0.15) is 63.0 Å². The molecule has 0 aromatic carbocycles. The minimum atomic E-state index is -0.440. The summed E-state index contributed by atoms with van der Waals surface area (Å²) in [5, 5.41) is 4.17. The lowest BCUT2D eigenvalue weighted by Gasteiger charge is -2.58. The number of nitrogens with one attached hydrogen (secondary N) is 1. The standard InChI is InChI=1S/C37H53N11O3/c1-37(2,3)51-36(50)47-23-30(24-47)46-21-29(22-46)45-19-28(20-45)44-14-12-43(13-15-44)27-10-11-32(38-18-27)40-35-39-17-25-16-31(34(49)42(4)5)48(33(25)41-35)26-8-6-7-9-26/h10-11,16-18,26,28-30H,6-9,12-15,19-24H2,1-5H3,(H,38,39,40,41). The van der Waals surface area contributed by atoms with Gasteiger partial charge in [-0.25, -0.2) is 14.8 Å². The van der Waals surface area contributed by atoms with Crippen LogP contribution in [0.2, 0.25) is 0 Å². The zero-order valence-electron chi connectivity index (χ0n) is 30.8. The first-order chi connectivity index (χ1) is 24.5. The Morgan fingerprint density at radius 2 is 1.47 bits per heavy atom. The third kappa shape index (κ3) is 6.97. The van der Waals surface area contributed by atoms with Gasteiger partial charge in [-0.05, 0) is 51.8 Å². The Hall–Kier alpha value is -4.01. The molecule has 7 heterocycles. The summed E-state index contributed by atoms with van der Waals surface area (Å²) in [7, 11) is 3.58. The number of carbonyl (C=O) groups is 2. The smallest absolute Gasteiger partial charge is 0.410 e. The third-order valence-electron chi connectivity index (χ3n) is 11.4. The molecule has 274 valence electrons. The fourth-order valence-electron chi connectivity index (χ4n) is 8.30. The van der Waals surface area contributed by atoms with E-state index in [-0.39, 0.29) is 18.0 Å². The predicted octanol–water partition coefficient (Wildman–Crippen LogP) is 3.50. The van der Waals surface area contributed by atoms with Gasteiger partial charge in [-0.15, -0.1) is 0 Å². The van der Waals surface area contributed by atoms with Crippen molar-refractivity contribution in [3.8, 4) is 0 Å². The van der Waals surface area contributed by atoms with E-state index in [4.69, 9.17) is 14.7 Å². The second-order valence-corrected chi connectivity index (χ2v) is 16.3. The van der Waals surface area contributed by atoms with E-state index in [1.165, 1.54) is 12.8 Å². The first-order valence-electron chi connectivity index (χ1n) is 18.8. The lowest BCUT2D eigenvalue weighted by Crippen LogP contribution is -2.74. The largest absolute Gasteiger partial charge is 0.444 e. The quantitative estimate of drug-likeness (QED) is 0.373. The highest BCUT2D eigenvalue weighted by molar-refractivity contribution is 5.98. The van der Waals surface area contributed by atoms with Crippen LogP contribution in [-0.4, -0.2) is 159 Å². The number of pyridine rings is 1. The third-order valence-corrected chi connectivity index (χ3v) is 11.4. The number of anilines is 3. The van der Waals surface area contributed by atoms with Gasteiger partial charge in [0.15, 0.2) is 0 Å².